The molecule has 0 aliphatic carbocycles. The number of hydrogen-bond acceptors (Lipinski definition) is 3. The molecule has 0 amide bonds. The first-order valence-corrected chi connectivity index (χ1v) is 8.19. The first kappa shape index (κ1) is 18.6. The van der Waals surface area contributed by atoms with Gasteiger partial charge in [0.1, 0.15) is 5.75 Å². The summed E-state index contributed by atoms with van der Waals surface area (Å²) >= 11 is 12.3. The highest BCUT2D eigenvalue weighted by atomic mass is 35.5. The Labute approximate surface area is 137 Å². The molecule has 0 heterocycles. The van der Waals surface area contributed by atoms with Crippen molar-refractivity contribution >= 4 is 23.2 Å². The maximum Gasteiger partial charge on any atom is 0.142 e. The molecule has 0 spiro atoms. The second-order valence-electron chi connectivity index (χ2n) is 5.30. The SMILES string of the molecule is CCOCCCOc1c(Cl)cc(Cl)cc1CNCC(C)C. The van der Waals surface area contributed by atoms with Gasteiger partial charge in [-0.3, -0.25) is 0 Å². The maximum absolute atomic E-state index is 6.25. The molecule has 0 atom stereocenters. The fourth-order valence-corrected chi connectivity index (χ4v) is 2.47. The average Bonchev–Trinajstić information content (AvgIpc) is 2.40. The summed E-state index contributed by atoms with van der Waals surface area (Å²) in [4.78, 5) is 0. The van der Waals surface area contributed by atoms with Crippen LogP contribution in [0.1, 0.15) is 32.8 Å². The highest BCUT2D eigenvalue weighted by molar-refractivity contribution is 6.35. The molecular weight excluding hydrogens is 309 g/mol. The lowest BCUT2D eigenvalue weighted by molar-refractivity contribution is 0.130. The van der Waals surface area contributed by atoms with Gasteiger partial charge in [-0.2, -0.15) is 0 Å². The normalized spacial score (nSPS) is 11.1. The van der Waals surface area contributed by atoms with E-state index in [1.807, 2.05) is 13.0 Å². The number of halogens is 2. The molecule has 5 heteroatoms. The van der Waals surface area contributed by atoms with Crippen molar-refractivity contribution in [3.05, 3.63) is 27.7 Å². The van der Waals surface area contributed by atoms with Crippen LogP contribution in [0, 0.1) is 5.92 Å². The molecule has 0 aromatic heterocycles. The summed E-state index contributed by atoms with van der Waals surface area (Å²) in [5.41, 5.74) is 0.990. The lowest BCUT2D eigenvalue weighted by Gasteiger charge is -2.15. The minimum absolute atomic E-state index is 0.556. The monoisotopic (exact) mass is 333 g/mol. The topological polar surface area (TPSA) is 30.5 Å². The van der Waals surface area contributed by atoms with Gasteiger partial charge in [0.05, 0.1) is 11.6 Å². The van der Waals surface area contributed by atoms with Crippen LogP contribution in [0.2, 0.25) is 10.0 Å². The quantitative estimate of drug-likeness (QED) is 0.637. The summed E-state index contributed by atoms with van der Waals surface area (Å²) < 4.78 is 11.1. The van der Waals surface area contributed by atoms with Crippen LogP contribution in [-0.4, -0.2) is 26.4 Å². The first-order valence-electron chi connectivity index (χ1n) is 7.43. The van der Waals surface area contributed by atoms with E-state index in [0.29, 0.717) is 41.5 Å². The van der Waals surface area contributed by atoms with Gasteiger partial charge < -0.3 is 14.8 Å². The molecule has 0 fully saturated rings. The van der Waals surface area contributed by atoms with Crippen LogP contribution in [0.15, 0.2) is 12.1 Å². The van der Waals surface area contributed by atoms with Gasteiger partial charge in [0, 0.05) is 36.8 Å². The molecule has 0 radical (unpaired) electrons. The van der Waals surface area contributed by atoms with Crippen LogP contribution in [-0.2, 0) is 11.3 Å². The molecule has 0 saturated heterocycles. The highest BCUT2D eigenvalue weighted by Crippen LogP contribution is 2.32. The molecule has 1 rings (SSSR count). The minimum Gasteiger partial charge on any atom is -0.492 e. The minimum atomic E-state index is 0.556. The average molecular weight is 334 g/mol. The van der Waals surface area contributed by atoms with Gasteiger partial charge in [-0.25, -0.2) is 0 Å². The van der Waals surface area contributed by atoms with Crippen molar-refractivity contribution in [2.75, 3.05) is 26.4 Å². The van der Waals surface area contributed by atoms with Crippen molar-refractivity contribution < 1.29 is 9.47 Å². The molecule has 0 saturated carbocycles. The van der Waals surface area contributed by atoms with E-state index in [4.69, 9.17) is 32.7 Å². The van der Waals surface area contributed by atoms with E-state index in [9.17, 15) is 0 Å². The number of ether oxygens (including phenoxy) is 2. The molecule has 0 aliphatic rings. The largest absolute Gasteiger partial charge is 0.492 e. The molecular formula is C16H25Cl2NO2. The van der Waals surface area contributed by atoms with Gasteiger partial charge in [-0.05, 0) is 31.5 Å². The predicted octanol–water partition coefficient (Wildman–Crippen LogP) is 4.54. The zero-order chi connectivity index (χ0) is 15.7. The van der Waals surface area contributed by atoms with Crippen LogP contribution in [0.3, 0.4) is 0 Å². The Kier molecular flexibility index (Phi) is 9.09. The molecule has 0 unspecified atom stereocenters. The molecule has 0 aliphatic heterocycles. The van der Waals surface area contributed by atoms with E-state index in [-0.39, 0.29) is 0 Å². The van der Waals surface area contributed by atoms with Crippen molar-refractivity contribution in [3.8, 4) is 5.75 Å². The van der Waals surface area contributed by atoms with Gasteiger partial charge in [-0.15, -0.1) is 0 Å². The van der Waals surface area contributed by atoms with E-state index in [1.165, 1.54) is 0 Å². The van der Waals surface area contributed by atoms with E-state index in [2.05, 4.69) is 19.2 Å². The summed E-state index contributed by atoms with van der Waals surface area (Å²) in [6, 6.07) is 3.62. The van der Waals surface area contributed by atoms with Crippen molar-refractivity contribution in [2.45, 2.75) is 33.7 Å². The Morgan fingerprint density at radius 1 is 1.19 bits per heavy atom. The molecule has 1 N–H and O–H groups in total. The van der Waals surface area contributed by atoms with Crippen LogP contribution < -0.4 is 10.1 Å². The fraction of sp³-hybridized carbons (Fsp3) is 0.625. The highest BCUT2D eigenvalue weighted by Gasteiger charge is 2.11. The molecule has 120 valence electrons. The lowest BCUT2D eigenvalue weighted by atomic mass is 10.1. The Hall–Kier alpha value is -0.480. The fourth-order valence-electron chi connectivity index (χ4n) is 1.88. The third kappa shape index (κ3) is 7.37. The third-order valence-electron chi connectivity index (χ3n) is 2.84. The number of benzene rings is 1. The van der Waals surface area contributed by atoms with Gasteiger partial charge in [0.25, 0.3) is 0 Å². The predicted molar refractivity (Wildman–Crippen MR) is 89.6 cm³/mol. The standard InChI is InChI=1S/C16H25Cl2NO2/c1-4-20-6-5-7-21-16-13(11-19-10-12(2)3)8-14(17)9-15(16)18/h8-9,12,19H,4-7,10-11H2,1-3H3. The van der Waals surface area contributed by atoms with E-state index < -0.39 is 0 Å². The Bertz CT molecular complexity index is 425. The van der Waals surface area contributed by atoms with Gasteiger partial charge >= 0.3 is 0 Å². The summed E-state index contributed by atoms with van der Waals surface area (Å²) in [6.45, 7) is 9.96. The summed E-state index contributed by atoms with van der Waals surface area (Å²) in [5, 5.41) is 4.57. The lowest BCUT2D eigenvalue weighted by Crippen LogP contribution is -2.19. The number of hydrogen-bond donors (Lipinski definition) is 1. The van der Waals surface area contributed by atoms with Crippen molar-refractivity contribution in [1.29, 1.82) is 0 Å². The van der Waals surface area contributed by atoms with Gasteiger partial charge in [0.15, 0.2) is 0 Å². The Morgan fingerprint density at radius 2 is 1.95 bits per heavy atom. The van der Waals surface area contributed by atoms with Crippen molar-refractivity contribution in [3.63, 3.8) is 0 Å². The van der Waals surface area contributed by atoms with Crippen molar-refractivity contribution in [2.24, 2.45) is 5.92 Å². The Balaban J connectivity index is 2.62. The molecule has 1 aromatic rings. The van der Waals surface area contributed by atoms with Gasteiger partial charge in [-0.1, -0.05) is 37.0 Å². The second-order valence-corrected chi connectivity index (χ2v) is 6.14. The number of rotatable bonds is 10. The number of nitrogens with one attached hydrogen (secondary N) is 1. The molecule has 21 heavy (non-hydrogen) atoms. The third-order valence-corrected chi connectivity index (χ3v) is 3.34. The van der Waals surface area contributed by atoms with E-state index in [0.717, 1.165) is 25.1 Å². The zero-order valence-corrected chi connectivity index (χ0v) is 14.6. The van der Waals surface area contributed by atoms with Gasteiger partial charge in [0.2, 0.25) is 0 Å². The van der Waals surface area contributed by atoms with Crippen LogP contribution in [0.25, 0.3) is 0 Å². The van der Waals surface area contributed by atoms with Crippen LogP contribution >= 0.6 is 23.2 Å². The zero-order valence-electron chi connectivity index (χ0n) is 13.0. The maximum atomic E-state index is 6.25. The van der Waals surface area contributed by atoms with E-state index >= 15 is 0 Å². The summed E-state index contributed by atoms with van der Waals surface area (Å²) in [5.74, 6) is 1.31. The van der Waals surface area contributed by atoms with E-state index in [1.54, 1.807) is 6.07 Å². The second kappa shape index (κ2) is 10.3. The van der Waals surface area contributed by atoms with Crippen molar-refractivity contribution in [1.82, 2.24) is 5.32 Å². The first-order chi connectivity index (χ1) is 10.0. The molecule has 3 nitrogen and oxygen atoms in total. The Morgan fingerprint density at radius 3 is 2.62 bits per heavy atom. The molecule has 0 bridgehead atoms. The van der Waals surface area contributed by atoms with Crippen LogP contribution in [0.4, 0.5) is 0 Å². The summed E-state index contributed by atoms with van der Waals surface area (Å²) in [6.07, 6.45) is 0.839. The van der Waals surface area contributed by atoms with Crippen LogP contribution in [0.5, 0.6) is 5.75 Å². The molecule has 1 aromatic carbocycles. The summed E-state index contributed by atoms with van der Waals surface area (Å²) in [7, 11) is 0. The smallest absolute Gasteiger partial charge is 0.142 e.